The Morgan fingerprint density at radius 2 is 1.93 bits per heavy atom. The van der Waals surface area contributed by atoms with Gasteiger partial charge in [0.15, 0.2) is 0 Å². The van der Waals surface area contributed by atoms with Crippen LogP contribution in [0, 0.1) is 40.4 Å². The number of alkyl halides is 3. The van der Waals surface area contributed by atoms with E-state index in [1.165, 1.54) is 0 Å². The molecule has 1 aromatic carbocycles. The number of rotatable bonds is 6. The summed E-state index contributed by atoms with van der Waals surface area (Å²) >= 11 is 0. The lowest BCUT2D eigenvalue weighted by molar-refractivity contribution is -0.175. The number of pyridine rings is 1. The van der Waals surface area contributed by atoms with E-state index in [1.807, 2.05) is 44.3 Å². The summed E-state index contributed by atoms with van der Waals surface area (Å²) < 4.78 is 37.5. The van der Waals surface area contributed by atoms with Gasteiger partial charge in [0, 0.05) is 47.4 Å². The van der Waals surface area contributed by atoms with E-state index in [0.29, 0.717) is 43.5 Å². The van der Waals surface area contributed by atoms with Crippen LogP contribution in [-0.4, -0.2) is 53.4 Å². The molecule has 2 aliphatic rings. The topological polar surface area (TPSA) is 115 Å². The highest BCUT2D eigenvalue weighted by Crippen LogP contribution is 2.49. The molecule has 2 aromatic rings. The molecule has 40 heavy (non-hydrogen) atoms. The fourth-order valence-corrected chi connectivity index (χ4v) is 4.74. The quantitative estimate of drug-likeness (QED) is 0.415. The fraction of sp³-hybridized carbons (Fsp3) is 0.483. The van der Waals surface area contributed by atoms with Crippen molar-refractivity contribution in [2.45, 2.75) is 58.8 Å². The number of nitriles is 1. The molecule has 1 saturated heterocycles. The zero-order chi connectivity index (χ0) is 29.9. The molecule has 1 saturated carbocycles. The van der Waals surface area contributed by atoms with Gasteiger partial charge < -0.3 is 15.5 Å². The minimum absolute atomic E-state index is 0.0707. The van der Waals surface area contributed by atoms with Gasteiger partial charge in [-0.25, -0.2) is 0 Å². The number of halogens is 3. The van der Waals surface area contributed by atoms with E-state index < -0.39 is 35.5 Å². The molecule has 3 amide bonds. The van der Waals surface area contributed by atoms with E-state index in [0.717, 1.165) is 10.8 Å². The molecule has 0 bridgehead atoms. The number of carbonyl (C=O) groups excluding carboxylic acids is 3. The maximum absolute atomic E-state index is 12.7. The number of hydrogen-bond donors (Lipinski definition) is 2. The molecule has 1 aliphatic heterocycles. The first-order valence-electron chi connectivity index (χ1n) is 12.8. The minimum Gasteiger partial charge on any atom is -0.340 e. The van der Waals surface area contributed by atoms with Crippen LogP contribution in [-0.2, 0) is 14.4 Å². The highest BCUT2D eigenvalue weighted by molar-refractivity contribution is 5.92. The van der Waals surface area contributed by atoms with Crippen molar-refractivity contribution in [3.8, 4) is 18.4 Å². The maximum Gasteiger partial charge on any atom is 0.471 e. The summed E-state index contributed by atoms with van der Waals surface area (Å²) in [6.45, 7) is 8.86. The lowest BCUT2D eigenvalue weighted by Crippen LogP contribution is -2.55. The van der Waals surface area contributed by atoms with Gasteiger partial charge in [-0.1, -0.05) is 45.7 Å². The zero-order valence-corrected chi connectivity index (χ0v) is 22.8. The molecule has 0 spiro atoms. The largest absolute Gasteiger partial charge is 0.471 e. The van der Waals surface area contributed by atoms with Crippen molar-refractivity contribution >= 4 is 29.0 Å². The first-order valence-corrected chi connectivity index (χ1v) is 12.8. The molecule has 8 nitrogen and oxygen atoms in total. The average Bonchev–Trinajstić information content (AvgIpc) is 3.59. The van der Waals surface area contributed by atoms with Crippen molar-refractivity contribution in [1.82, 2.24) is 20.5 Å². The second-order valence-corrected chi connectivity index (χ2v) is 11.3. The number of terminal acetylenes is 1. The van der Waals surface area contributed by atoms with Gasteiger partial charge in [0.2, 0.25) is 12.3 Å². The van der Waals surface area contributed by atoms with Crippen LogP contribution in [0.3, 0.4) is 0 Å². The van der Waals surface area contributed by atoms with Gasteiger partial charge in [0.25, 0.3) is 0 Å². The lowest BCUT2D eigenvalue weighted by Gasteiger charge is -2.29. The van der Waals surface area contributed by atoms with Crippen LogP contribution < -0.4 is 10.6 Å². The van der Waals surface area contributed by atoms with Gasteiger partial charge in [-0.15, -0.1) is 6.42 Å². The van der Waals surface area contributed by atoms with Crippen molar-refractivity contribution in [3.63, 3.8) is 0 Å². The molecule has 212 valence electrons. The van der Waals surface area contributed by atoms with Gasteiger partial charge in [-0.2, -0.15) is 18.4 Å². The van der Waals surface area contributed by atoms with Gasteiger partial charge in [0.1, 0.15) is 12.1 Å². The van der Waals surface area contributed by atoms with Crippen molar-refractivity contribution in [1.29, 1.82) is 5.26 Å². The Morgan fingerprint density at radius 1 is 1.25 bits per heavy atom. The third-order valence-electron chi connectivity index (χ3n) is 7.90. The van der Waals surface area contributed by atoms with Crippen molar-refractivity contribution in [3.05, 3.63) is 41.7 Å². The number of amides is 3. The van der Waals surface area contributed by atoms with Crippen LogP contribution in [0.2, 0.25) is 0 Å². The summed E-state index contributed by atoms with van der Waals surface area (Å²) in [4.78, 5) is 40.1. The summed E-state index contributed by atoms with van der Waals surface area (Å²) in [6.07, 6.45) is 5.50. The number of aromatic nitrogens is 1. The smallest absolute Gasteiger partial charge is 0.340 e. The fourth-order valence-electron chi connectivity index (χ4n) is 4.74. The highest BCUT2D eigenvalue weighted by Gasteiger charge is 2.54. The van der Waals surface area contributed by atoms with Crippen LogP contribution >= 0.6 is 0 Å². The number of nitrogens with one attached hydrogen (secondary N) is 2. The van der Waals surface area contributed by atoms with Crippen LogP contribution in [0.25, 0.3) is 10.8 Å². The first kappa shape index (κ1) is 30.4. The van der Waals surface area contributed by atoms with Crippen molar-refractivity contribution in [2.75, 3.05) is 13.1 Å². The predicted octanol–water partition coefficient (Wildman–Crippen LogP) is 3.86. The monoisotopic (exact) mass is 555 g/mol. The third kappa shape index (κ3) is 6.53. The summed E-state index contributed by atoms with van der Waals surface area (Å²) in [7, 11) is 0. The van der Waals surface area contributed by atoms with Gasteiger partial charge >= 0.3 is 12.1 Å². The number of hydrogen-bond acceptors (Lipinski definition) is 5. The molecule has 4 rings (SSSR count). The Morgan fingerprint density at radius 3 is 2.42 bits per heavy atom. The summed E-state index contributed by atoms with van der Waals surface area (Å²) in [5, 5.41) is 15.1. The second kappa shape index (κ2) is 11.5. The second-order valence-electron chi connectivity index (χ2n) is 11.3. The Bertz CT molecular complexity index is 1370. The van der Waals surface area contributed by atoms with E-state index in [4.69, 9.17) is 11.7 Å². The molecule has 1 aromatic heterocycles. The summed E-state index contributed by atoms with van der Waals surface area (Å²) in [5.41, 5.74) is 0.653. The minimum atomic E-state index is -4.97. The summed E-state index contributed by atoms with van der Waals surface area (Å²) in [5.74, 6) is 0.414. The van der Waals surface area contributed by atoms with Crippen LogP contribution in [0.5, 0.6) is 0 Å². The normalized spacial score (nSPS) is 20.1. The van der Waals surface area contributed by atoms with Gasteiger partial charge in [-0.3, -0.25) is 19.4 Å². The molecular weight excluding hydrogens is 523 g/mol. The lowest BCUT2D eigenvalue weighted by atomic mass is 9.84. The van der Waals surface area contributed by atoms with Gasteiger partial charge in [-0.05, 0) is 35.7 Å². The Kier molecular flexibility index (Phi) is 8.78. The number of nitrogens with zero attached hydrogens (tertiary/aromatic N) is 3. The molecule has 3 atom stereocenters. The molecule has 2 fully saturated rings. The van der Waals surface area contributed by atoms with Crippen LogP contribution in [0.4, 0.5) is 13.2 Å². The number of benzene rings is 1. The summed E-state index contributed by atoms with van der Waals surface area (Å²) in [6, 6.07) is 5.65. The SMILES string of the molecule is C#Cc1cccc2cncc(C(C#N)NC=O)c12.C[C@H]1CN(C(=O)C(NC(=O)C(F)(F)F)C2(C)CC2)CC1(C)C. The Labute approximate surface area is 231 Å². The first-order chi connectivity index (χ1) is 18.7. The standard InChI is InChI=1S/C15H23F3N2O2.C14H9N3O/c1-9-7-20(8-13(9,2)3)11(21)10(14(4)5-6-14)19-12(22)15(16,17)18;1-2-10-4-3-5-11-7-16-8-12(14(10)11)13(6-15)17-9-18/h9-10H,5-8H2,1-4H3,(H,19,22);1,3-5,7-9,13H,(H,17,18)/t9-,10?;/m0./s1. The van der Waals surface area contributed by atoms with E-state index in [2.05, 4.69) is 16.2 Å². The van der Waals surface area contributed by atoms with E-state index in [9.17, 15) is 27.6 Å². The van der Waals surface area contributed by atoms with E-state index >= 15 is 0 Å². The molecule has 0 radical (unpaired) electrons. The van der Waals surface area contributed by atoms with Crippen molar-refractivity contribution in [2.24, 2.45) is 16.7 Å². The maximum atomic E-state index is 12.7. The van der Waals surface area contributed by atoms with Gasteiger partial charge in [0.05, 0.1) is 6.07 Å². The third-order valence-corrected chi connectivity index (χ3v) is 7.90. The zero-order valence-electron chi connectivity index (χ0n) is 22.8. The number of likely N-dealkylation sites (tertiary alicyclic amines) is 1. The van der Waals surface area contributed by atoms with E-state index in [-0.39, 0.29) is 11.3 Å². The number of fused-ring (bicyclic) bond motifs is 1. The molecular formula is C29H32F3N5O3. The molecule has 2 heterocycles. The van der Waals surface area contributed by atoms with Crippen LogP contribution in [0.1, 0.15) is 57.7 Å². The molecule has 1 aliphatic carbocycles. The Hall–Kier alpha value is -4.12. The average molecular weight is 556 g/mol. The van der Waals surface area contributed by atoms with Crippen LogP contribution in [0.15, 0.2) is 30.6 Å². The predicted molar refractivity (Wildman–Crippen MR) is 142 cm³/mol. The Balaban J connectivity index is 0.000000225. The molecule has 2 unspecified atom stereocenters. The molecule has 2 N–H and O–H groups in total. The van der Waals surface area contributed by atoms with Crippen molar-refractivity contribution < 1.29 is 27.6 Å². The highest BCUT2D eigenvalue weighted by atomic mass is 19.4. The van der Waals surface area contributed by atoms with E-state index in [1.54, 1.807) is 30.3 Å². The molecule has 11 heteroatoms. The number of carbonyl (C=O) groups is 3.